The number of carbonyl (C=O) groups is 1. The van der Waals surface area contributed by atoms with Crippen molar-refractivity contribution in [1.29, 1.82) is 0 Å². The molecule has 1 aromatic carbocycles. The smallest absolute Gasteiger partial charge is 0.349 e. The van der Waals surface area contributed by atoms with Gasteiger partial charge in [-0.05, 0) is 43.9 Å². The van der Waals surface area contributed by atoms with Gasteiger partial charge in [-0.15, -0.1) is 0 Å². The SMILES string of the molecule is Cc1cc(C2CCC2)oc(=O)c1C(=O)NC1CCN(c2nccc(-c3ccccc3)n2)C1. The van der Waals surface area contributed by atoms with Gasteiger partial charge in [0.1, 0.15) is 11.3 Å². The average Bonchev–Trinajstić information content (AvgIpc) is 3.21. The van der Waals surface area contributed by atoms with Gasteiger partial charge in [0.05, 0.1) is 5.69 Å². The number of hydrogen-bond donors (Lipinski definition) is 1. The number of nitrogens with one attached hydrogen (secondary N) is 1. The summed E-state index contributed by atoms with van der Waals surface area (Å²) in [5, 5.41) is 3.00. The fourth-order valence-corrected chi connectivity index (χ4v) is 4.39. The van der Waals surface area contributed by atoms with Gasteiger partial charge in [-0.2, -0.15) is 0 Å². The van der Waals surface area contributed by atoms with E-state index in [2.05, 4.69) is 15.2 Å². The van der Waals surface area contributed by atoms with Crippen LogP contribution < -0.4 is 15.8 Å². The van der Waals surface area contributed by atoms with Crippen molar-refractivity contribution in [3.8, 4) is 11.3 Å². The molecule has 1 saturated carbocycles. The van der Waals surface area contributed by atoms with Gasteiger partial charge in [0.15, 0.2) is 0 Å². The van der Waals surface area contributed by atoms with Crippen molar-refractivity contribution in [2.45, 2.75) is 44.6 Å². The zero-order valence-electron chi connectivity index (χ0n) is 18.1. The molecule has 1 atom stereocenters. The van der Waals surface area contributed by atoms with E-state index in [0.29, 0.717) is 29.7 Å². The molecule has 7 nitrogen and oxygen atoms in total. The Morgan fingerprint density at radius 1 is 1.16 bits per heavy atom. The van der Waals surface area contributed by atoms with Crippen LogP contribution in [0.5, 0.6) is 0 Å². The van der Waals surface area contributed by atoms with Gasteiger partial charge < -0.3 is 14.6 Å². The van der Waals surface area contributed by atoms with Gasteiger partial charge in [0, 0.05) is 36.8 Å². The van der Waals surface area contributed by atoms with Crippen LogP contribution >= 0.6 is 0 Å². The number of carbonyl (C=O) groups excluding carboxylic acids is 1. The van der Waals surface area contributed by atoms with Crippen LogP contribution in [0.3, 0.4) is 0 Å². The minimum Gasteiger partial charge on any atom is -0.427 e. The lowest BCUT2D eigenvalue weighted by atomic mass is 9.83. The Morgan fingerprint density at radius 2 is 1.97 bits per heavy atom. The van der Waals surface area contributed by atoms with Crippen LogP contribution in [0.25, 0.3) is 11.3 Å². The molecule has 1 unspecified atom stereocenters. The Labute approximate surface area is 186 Å². The Balaban J connectivity index is 1.27. The first-order chi connectivity index (χ1) is 15.6. The van der Waals surface area contributed by atoms with Crippen LogP contribution in [-0.2, 0) is 0 Å². The van der Waals surface area contributed by atoms with Crippen LogP contribution in [0.4, 0.5) is 5.95 Å². The maximum absolute atomic E-state index is 12.9. The highest BCUT2D eigenvalue weighted by atomic mass is 16.4. The highest BCUT2D eigenvalue weighted by molar-refractivity contribution is 5.95. The fourth-order valence-electron chi connectivity index (χ4n) is 4.39. The molecule has 2 aromatic heterocycles. The van der Waals surface area contributed by atoms with E-state index in [0.717, 1.165) is 43.5 Å². The monoisotopic (exact) mass is 430 g/mol. The number of amides is 1. The lowest BCUT2D eigenvalue weighted by Crippen LogP contribution is -2.39. The van der Waals surface area contributed by atoms with E-state index in [1.54, 1.807) is 13.1 Å². The van der Waals surface area contributed by atoms with Gasteiger partial charge in [-0.3, -0.25) is 4.79 Å². The fraction of sp³-hybridized carbons (Fsp3) is 0.360. The third-order valence-corrected chi connectivity index (χ3v) is 6.42. The number of anilines is 1. The van der Waals surface area contributed by atoms with Gasteiger partial charge >= 0.3 is 5.63 Å². The molecule has 1 amide bonds. The summed E-state index contributed by atoms with van der Waals surface area (Å²) in [5.41, 5.74) is 2.14. The van der Waals surface area contributed by atoms with Crippen molar-refractivity contribution in [2.24, 2.45) is 0 Å². The topological polar surface area (TPSA) is 88.3 Å². The maximum Gasteiger partial charge on any atom is 0.349 e. The molecule has 1 saturated heterocycles. The van der Waals surface area contributed by atoms with Gasteiger partial charge in [0.25, 0.3) is 5.91 Å². The van der Waals surface area contributed by atoms with Crippen molar-refractivity contribution in [2.75, 3.05) is 18.0 Å². The number of rotatable bonds is 5. The Kier molecular flexibility index (Phi) is 5.47. The van der Waals surface area contributed by atoms with Crippen LogP contribution in [0, 0.1) is 6.92 Å². The molecule has 7 heteroatoms. The number of aromatic nitrogens is 2. The summed E-state index contributed by atoms with van der Waals surface area (Å²) in [4.78, 5) is 36.6. The summed E-state index contributed by atoms with van der Waals surface area (Å²) >= 11 is 0. The second-order valence-electron chi connectivity index (χ2n) is 8.64. The Morgan fingerprint density at radius 3 is 2.69 bits per heavy atom. The molecule has 2 aliphatic rings. The van der Waals surface area contributed by atoms with Gasteiger partial charge in [0.2, 0.25) is 5.95 Å². The first-order valence-electron chi connectivity index (χ1n) is 11.2. The zero-order chi connectivity index (χ0) is 22.1. The van der Waals surface area contributed by atoms with Crippen molar-refractivity contribution < 1.29 is 9.21 Å². The van der Waals surface area contributed by atoms with Crippen molar-refractivity contribution in [3.63, 3.8) is 0 Å². The molecular weight excluding hydrogens is 404 g/mol. The molecule has 5 rings (SSSR count). The van der Waals surface area contributed by atoms with E-state index < -0.39 is 5.63 Å². The number of aryl methyl sites for hydroxylation is 1. The summed E-state index contributed by atoms with van der Waals surface area (Å²) in [6, 6.07) is 13.6. The Hall–Kier alpha value is -3.48. The van der Waals surface area contributed by atoms with Crippen molar-refractivity contribution >= 4 is 11.9 Å². The molecule has 3 aromatic rings. The predicted molar refractivity (Wildman–Crippen MR) is 122 cm³/mol. The third-order valence-electron chi connectivity index (χ3n) is 6.42. The van der Waals surface area contributed by atoms with Crippen LogP contribution in [0.15, 0.2) is 57.9 Å². The molecule has 1 aliphatic carbocycles. The standard InChI is InChI=1S/C25H26N4O3/c1-16-14-21(18-8-5-9-18)32-24(31)22(16)23(30)27-19-11-13-29(15-19)25-26-12-10-20(28-25)17-6-3-2-4-7-17/h2-4,6-7,10,12,14,18-19H,5,8-9,11,13,15H2,1H3,(H,27,30). The normalized spacial score (nSPS) is 18.4. The summed E-state index contributed by atoms with van der Waals surface area (Å²) in [5.74, 6) is 1.29. The van der Waals surface area contributed by atoms with Crippen LogP contribution in [0.1, 0.15) is 53.3 Å². The molecule has 0 spiro atoms. The predicted octanol–water partition coefficient (Wildman–Crippen LogP) is 3.68. The molecule has 0 bridgehead atoms. The summed E-state index contributed by atoms with van der Waals surface area (Å²) in [6.07, 6.45) is 5.76. The number of nitrogens with zero attached hydrogens (tertiary/aromatic N) is 3. The Bertz CT molecular complexity index is 1190. The number of hydrogen-bond acceptors (Lipinski definition) is 6. The zero-order valence-corrected chi connectivity index (χ0v) is 18.1. The van der Waals surface area contributed by atoms with Gasteiger partial charge in [-0.25, -0.2) is 14.8 Å². The van der Waals surface area contributed by atoms with Crippen molar-refractivity contribution in [3.05, 3.63) is 76.0 Å². The van der Waals surface area contributed by atoms with Crippen LogP contribution in [0.2, 0.25) is 0 Å². The highest BCUT2D eigenvalue weighted by Crippen LogP contribution is 2.36. The molecule has 2 fully saturated rings. The highest BCUT2D eigenvalue weighted by Gasteiger charge is 2.29. The summed E-state index contributed by atoms with van der Waals surface area (Å²) in [6.45, 7) is 3.13. The molecule has 1 N–H and O–H groups in total. The average molecular weight is 431 g/mol. The lowest BCUT2D eigenvalue weighted by Gasteiger charge is -2.24. The van der Waals surface area contributed by atoms with E-state index in [1.807, 2.05) is 42.5 Å². The first kappa shape index (κ1) is 20.4. The second-order valence-corrected chi connectivity index (χ2v) is 8.64. The van der Waals surface area contributed by atoms with E-state index in [-0.39, 0.29) is 17.5 Å². The largest absolute Gasteiger partial charge is 0.427 e. The minimum atomic E-state index is -0.543. The van der Waals surface area contributed by atoms with Crippen molar-refractivity contribution in [1.82, 2.24) is 15.3 Å². The summed E-state index contributed by atoms with van der Waals surface area (Å²) < 4.78 is 5.48. The molecule has 0 radical (unpaired) electrons. The quantitative estimate of drug-likeness (QED) is 0.664. The van der Waals surface area contributed by atoms with E-state index in [9.17, 15) is 9.59 Å². The van der Waals surface area contributed by atoms with Crippen LogP contribution in [-0.4, -0.2) is 35.0 Å². The first-order valence-corrected chi connectivity index (χ1v) is 11.2. The van der Waals surface area contributed by atoms with E-state index in [4.69, 9.17) is 9.40 Å². The molecular formula is C25H26N4O3. The minimum absolute atomic E-state index is 0.0865. The molecule has 3 heterocycles. The number of benzene rings is 1. The molecule has 32 heavy (non-hydrogen) atoms. The van der Waals surface area contributed by atoms with E-state index in [1.165, 1.54) is 0 Å². The lowest BCUT2D eigenvalue weighted by molar-refractivity contribution is 0.0935. The third kappa shape index (κ3) is 4.02. The summed E-state index contributed by atoms with van der Waals surface area (Å²) in [7, 11) is 0. The maximum atomic E-state index is 12.9. The second kappa shape index (κ2) is 8.57. The molecule has 1 aliphatic heterocycles. The molecule has 164 valence electrons. The van der Waals surface area contributed by atoms with Gasteiger partial charge in [-0.1, -0.05) is 36.8 Å². The van der Waals surface area contributed by atoms with E-state index >= 15 is 0 Å².